The number of hydrogen-bond acceptors (Lipinski definition) is 1. The van der Waals surface area contributed by atoms with E-state index in [1.165, 1.54) is 0 Å². The van der Waals surface area contributed by atoms with Crippen LogP contribution in [0.25, 0.3) is 0 Å². The number of aryl methyl sites for hydroxylation is 2. The highest BCUT2D eigenvalue weighted by Gasteiger charge is 1.99. The molecule has 0 spiro atoms. The van der Waals surface area contributed by atoms with E-state index in [9.17, 15) is 4.79 Å². The summed E-state index contributed by atoms with van der Waals surface area (Å²) in [6, 6.07) is 13.5. The van der Waals surface area contributed by atoms with Crippen LogP contribution in [0, 0.1) is 25.7 Å². The highest BCUT2D eigenvalue weighted by molar-refractivity contribution is 5.79. The van der Waals surface area contributed by atoms with Gasteiger partial charge in [-0.1, -0.05) is 48.2 Å². The van der Waals surface area contributed by atoms with Gasteiger partial charge in [0.2, 0.25) is 0 Å². The van der Waals surface area contributed by atoms with Crippen molar-refractivity contribution in [2.45, 2.75) is 13.8 Å². The van der Waals surface area contributed by atoms with Crippen LogP contribution in [-0.4, -0.2) is 6.29 Å². The number of aldehydes is 1. The Morgan fingerprint density at radius 2 is 1.56 bits per heavy atom. The largest absolute Gasteiger partial charge is 0.298 e. The standard InChI is InChI=1S/C17H14O/c1-13-6-5-7-14(2)17(13)11-10-15-8-3-4-9-16(15)12-18/h3-9,12H,1-2H3. The Bertz CT molecular complexity index is 622. The van der Waals surface area contributed by atoms with Crippen LogP contribution in [0.2, 0.25) is 0 Å². The summed E-state index contributed by atoms with van der Waals surface area (Å²) in [4.78, 5) is 10.9. The van der Waals surface area contributed by atoms with Gasteiger partial charge in [-0.2, -0.15) is 0 Å². The Balaban J connectivity index is 2.47. The van der Waals surface area contributed by atoms with E-state index < -0.39 is 0 Å². The maximum absolute atomic E-state index is 10.9. The van der Waals surface area contributed by atoms with Crippen molar-refractivity contribution in [1.82, 2.24) is 0 Å². The molecule has 88 valence electrons. The van der Waals surface area contributed by atoms with Gasteiger partial charge in [0.05, 0.1) is 0 Å². The minimum atomic E-state index is 0.635. The van der Waals surface area contributed by atoms with Crippen LogP contribution in [0.5, 0.6) is 0 Å². The van der Waals surface area contributed by atoms with Crippen molar-refractivity contribution in [2.24, 2.45) is 0 Å². The third-order valence-corrected chi connectivity index (χ3v) is 2.89. The molecule has 1 heteroatoms. The summed E-state index contributed by atoms with van der Waals surface area (Å²) >= 11 is 0. The van der Waals surface area contributed by atoms with Crippen LogP contribution in [0.3, 0.4) is 0 Å². The Kier molecular flexibility index (Phi) is 3.60. The first-order chi connectivity index (χ1) is 8.72. The van der Waals surface area contributed by atoms with Gasteiger partial charge in [0, 0.05) is 16.7 Å². The minimum absolute atomic E-state index is 0.635. The second-order valence-corrected chi connectivity index (χ2v) is 4.22. The molecular weight excluding hydrogens is 220 g/mol. The van der Waals surface area contributed by atoms with E-state index in [1.807, 2.05) is 50.2 Å². The predicted octanol–water partition coefficient (Wildman–Crippen LogP) is 3.52. The molecule has 0 saturated carbocycles. The lowest BCUT2D eigenvalue weighted by atomic mass is 10.0. The van der Waals surface area contributed by atoms with E-state index in [1.54, 1.807) is 6.07 Å². The molecule has 0 aliphatic rings. The van der Waals surface area contributed by atoms with Gasteiger partial charge in [-0.15, -0.1) is 0 Å². The van der Waals surface area contributed by atoms with Gasteiger partial charge in [0.15, 0.2) is 6.29 Å². The summed E-state index contributed by atoms with van der Waals surface area (Å²) in [6.45, 7) is 4.09. The van der Waals surface area contributed by atoms with E-state index in [-0.39, 0.29) is 0 Å². The van der Waals surface area contributed by atoms with Gasteiger partial charge in [0.25, 0.3) is 0 Å². The number of rotatable bonds is 1. The first-order valence-electron chi connectivity index (χ1n) is 5.85. The van der Waals surface area contributed by atoms with Crippen molar-refractivity contribution in [3.8, 4) is 11.8 Å². The van der Waals surface area contributed by atoms with E-state index >= 15 is 0 Å². The second-order valence-electron chi connectivity index (χ2n) is 4.22. The molecule has 0 radical (unpaired) electrons. The van der Waals surface area contributed by atoms with Gasteiger partial charge < -0.3 is 0 Å². The van der Waals surface area contributed by atoms with E-state index in [0.717, 1.165) is 28.5 Å². The lowest BCUT2D eigenvalue weighted by molar-refractivity contribution is 0.112. The van der Waals surface area contributed by atoms with Crippen LogP contribution >= 0.6 is 0 Å². The second kappa shape index (κ2) is 5.33. The van der Waals surface area contributed by atoms with Crippen LogP contribution in [0.15, 0.2) is 42.5 Å². The van der Waals surface area contributed by atoms with Gasteiger partial charge >= 0.3 is 0 Å². The van der Waals surface area contributed by atoms with Crippen molar-refractivity contribution in [3.63, 3.8) is 0 Å². The molecular formula is C17H14O. The maximum Gasteiger partial charge on any atom is 0.151 e. The molecule has 0 aliphatic heterocycles. The molecule has 2 aromatic rings. The molecule has 0 aromatic heterocycles. The van der Waals surface area contributed by atoms with Gasteiger partial charge in [0.1, 0.15) is 0 Å². The summed E-state index contributed by atoms with van der Waals surface area (Å²) in [6.07, 6.45) is 0.842. The molecule has 0 N–H and O–H groups in total. The molecule has 0 unspecified atom stereocenters. The highest BCUT2D eigenvalue weighted by atomic mass is 16.1. The van der Waals surface area contributed by atoms with Crippen LogP contribution in [0.1, 0.15) is 32.6 Å². The average molecular weight is 234 g/mol. The molecule has 2 rings (SSSR count). The monoisotopic (exact) mass is 234 g/mol. The number of carbonyl (C=O) groups is 1. The smallest absolute Gasteiger partial charge is 0.151 e. The Morgan fingerprint density at radius 3 is 2.22 bits per heavy atom. The van der Waals surface area contributed by atoms with Crippen molar-refractivity contribution in [1.29, 1.82) is 0 Å². The fourth-order valence-electron chi connectivity index (χ4n) is 1.86. The zero-order valence-corrected chi connectivity index (χ0v) is 10.5. The van der Waals surface area contributed by atoms with E-state index in [2.05, 4.69) is 11.8 Å². The van der Waals surface area contributed by atoms with E-state index in [0.29, 0.717) is 5.56 Å². The summed E-state index contributed by atoms with van der Waals surface area (Å²) in [7, 11) is 0. The lowest BCUT2D eigenvalue weighted by Crippen LogP contribution is -1.89. The molecule has 18 heavy (non-hydrogen) atoms. The molecule has 0 atom stereocenters. The van der Waals surface area contributed by atoms with E-state index in [4.69, 9.17) is 0 Å². The zero-order chi connectivity index (χ0) is 13.0. The fourth-order valence-corrected chi connectivity index (χ4v) is 1.86. The molecule has 0 amide bonds. The molecule has 0 heterocycles. The molecule has 0 fully saturated rings. The predicted molar refractivity (Wildman–Crippen MR) is 73.7 cm³/mol. The maximum atomic E-state index is 10.9. The van der Waals surface area contributed by atoms with Gasteiger partial charge in [-0.3, -0.25) is 4.79 Å². The molecule has 0 aliphatic carbocycles. The van der Waals surface area contributed by atoms with Crippen molar-refractivity contribution >= 4 is 6.29 Å². The molecule has 0 bridgehead atoms. The molecule has 1 nitrogen and oxygen atoms in total. The van der Waals surface area contributed by atoms with Crippen LogP contribution < -0.4 is 0 Å². The van der Waals surface area contributed by atoms with Crippen molar-refractivity contribution < 1.29 is 4.79 Å². The third-order valence-electron chi connectivity index (χ3n) is 2.89. The Labute approximate surface area is 107 Å². The quantitative estimate of drug-likeness (QED) is 0.545. The normalized spacial score (nSPS) is 9.44. The number of hydrogen-bond donors (Lipinski definition) is 0. The zero-order valence-electron chi connectivity index (χ0n) is 10.5. The Morgan fingerprint density at radius 1 is 0.889 bits per heavy atom. The average Bonchev–Trinajstić information content (AvgIpc) is 2.38. The summed E-state index contributed by atoms with van der Waals surface area (Å²) in [5.41, 5.74) is 4.77. The van der Waals surface area contributed by atoms with Crippen LogP contribution in [-0.2, 0) is 0 Å². The fraction of sp³-hybridized carbons (Fsp3) is 0.118. The summed E-state index contributed by atoms with van der Waals surface area (Å²) < 4.78 is 0. The molecule has 0 saturated heterocycles. The van der Waals surface area contributed by atoms with Gasteiger partial charge in [-0.05, 0) is 31.0 Å². The first kappa shape index (κ1) is 12.1. The summed E-state index contributed by atoms with van der Waals surface area (Å²) in [5, 5.41) is 0. The number of benzene rings is 2. The van der Waals surface area contributed by atoms with Gasteiger partial charge in [-0.25, -0.2) is 0 Å². The number of carbonyl (C=O) groups excluding carboxylic acids is 1. The topological polar surface area (TPSA) is 17.1 Å². The first-order valence-corrected chi connectivity index (χ1v) is 5.85. The van der Waals surface area contributed by atoms with Crippen molar-refractivity contribution in [3.05, 3.63) is 70.3 Å². The lowest BCUT2D eigenvalue weighted by Gasteiger charge is -2.01. The third kappa shape index (κ3) is 2.49. The van der Waals surface area contributed by atoms with Crippen molar-refractivity contribution in [2.75, 3.05) is 0 Å². The minimum Gasteiger partial charge on any atom is -0.298 e. The molecule has 2 aromatic carbocycles. The summed E-state index contributed by atoms with van der Waals surface area (Å²) in [5.74, 6) is 6.24. The highest BCUT2D eigenvalue weighted by Crippen LogP contribution is 2.12. The van der Waals surface area contributed by atoms with Crippen LogP contribution in [0.4, 0.5) is 0 Å². The Hall–Kier alpha value is -2.33. The SMILES string of the molecule is Cc1cccc(C)c1C#Cc1ccccc1C=O.